The Hall–Kier alpha value is -2.86. The summed E-state index contributed by atoms with van der Waals surface area (Å²) >= 11 is 0. The van der Waals surface area contributed by atoms with Gasteiger partial charge in [0, 0.05) is 26.2 Å². The third-order valence-corrected chi connectivity index (χ3v) is 5.01. The Labute approximate surface area is 172 Å². The lowest BCUT2D eigenvalue weighted by atomic mass is 10.1. The van der Waals surface area contributed by atoms with Gasteiger partial charge in [-0.05, 0) is 37.1 Å². The van der Waals surface area contributed by atoms with Crippen LogP contribution in [-0.4, -0.2) is 42.5 Å². The maximum Gasteiger partial charge on any atom is 0.237 e. The molecule has 6 nitrogen and oxygen atoms in total. The van der Waals surface area contributed by atoms with Crippen molar-refractivity contribution in [2.24, 2.45) is 0 Å². The molecule has 0 unspecified atom stereocenters. The van der Waals surface area contributed by atoms with Crippen LogP contribution in [0, 0.1) is 6.92 Å². The van der Waals surface area contributed by atoms with Crippen LogP contribution in [0.3, 0.4) is 0 Å². The summed E-state index contributed by atoms with van der Waals surface area (Å²) in [6, 6.07) is 15.5. The normalized spacial score (nSPS) is 16.9. The number of piperazine rings is 1. The average Bonchev–Trinajstić information content (AvgIpc) is 2.71. The number of carbonyl (C=O) groups excluding carboxylic acids is 2. The molecule has 0 aromatic heterocycles. The Kier molecular flexibility index (Phi) is 7.25. The predicted molar refractivity (Wildman–Crippen MR) is 112 cm³/mol. The van der Waals surface area contributed by atoms with E-state index in [4.69, 9.17) is 4.74 Å². The van der Waals surface area contributed by atoms with Gasteiger partial charge in [0.2, 0.25) is 11.8 Å². The van der Waals surface area contributed by atoms with E-state index >= 15 is 0 Å². The molecule has 0 bridgehead atoms. The number of amides is 2. The molecule has 6 heteroatoms. The second-order valence-electron chi connectivity index (χ2n) is 7.32. The Bertz CT molecular complexity index is 836. The minimum Gasteiger partial charge on any atom is -0.494 e. The van der Waals surface area contributed by atoms with Crippen LogP contribution in [0.25, 0.3) is 0 Å². The lowest BCUT2D eigenvalue weighted by molar-refractivity contribution is -0.134. The van der Waals surface area contributed by atoms with Gasteiger partial charge in [-0.1, -0.05) is 42.0 Å². The molecule has 2 aromatic carbocycles. The summed E-state index contributed by atoms with van der Waals surface area (Å²) in [5.41, 5.74) is 3.30. The lowest BCUT2D eigenvalue weighted by Crippen LogP contribution is -2.56. The molecule has 3 rings (SSSR count). The van der Waals surface area contributed by atoms with E-state index in [0.717, 1.165) is 29.0 Å². The first kappa shape index (κ1) is 20.9. The first-order valence-electron chi connectivity index (χ1n) is 10.1. The van der Waals surface area contributed by atoms with Crippen molar-refractivity contribution < 1.29 is 14.3 Å². The number of hydrogen-bond donors (Lipinski definition) is 2. The largest absolute Gasteiger partial charge is 0.494 e. The van der Waals surface area contributed by atoms with Gasteiger partial charge >= 0.3 is 0 Å². The summed E-state index contributed by atoms with van der Waals surface area (Å²) in [6.45, 7) is 7.01. The molecule has 0 spiro atoms. The van der Waals surface area contributed by atoms with Gasteiger partial charge in [0.15, 0.2) is 0 Å². The molecule has 1 saturated heterocycles. The molecular weight excluding hydrogens is 366 g/mol. The van der Waals surface area contributed by atoms with Crippen LogP contribution in [0.4, 0.5) is 0 Å². The van der Waals surface area contributed by atoms with Crippen LogP contribution >= 0.6 is 0 Å². The summed E-state index contributed by atoms with van der Waals surface area (Å²) in [6.07, 6.45) is 0.147. The average molecular weight is 396 g/mol. The van der Waals surface area contributed by atoms with Crippen LogP contribution in [0.15, 0.2) is 48.5 Å². The van der Waals surface area contributed by atoms with Crippen molar-refractivity contribution in [1.82, 2.24) is 15.5 Å². The number of nitrogens with one attached hydrogen (secondary N) is 2. The fourth-order valence-electron chi connectivity index (χ4n) is 3.54. The van der Waals surface area contributed by atoms with E-state index in [1.54, 1.807) is 0 Å². The summed E-state index contributed by atoms with van der Waals surface area (Å²) in [5, 5.41) is 5.82. The maximum absolute atomic E-state index is 12.5. The minimum absolute atomic E-state index is 0.0899. The molecule has 154 valence electrons. The summed E-state index contributed by atoms with van der Waals surface area (Å²) < 4.78 is 5.48. The highest BCUT2D eigenvalue weighted by Crippen LogP contribution is 2.17. The molecule has 2 N–H and O–H groups in total. The van der Waals surface area contributed by atoms with E-state index in [-0.39, 0.29) is 18.2 Å². The fourth-order valence-corrected chi connectivity index (χ4v) is 3.54. The second kappa shape index (κ2) is 10.1. The van der Waals surface area contributed by atoms with Crippen molar-refractivity contribution in [3.05, 3.63) is 65.2 Å². The Morgan fingerprint density at radius 3 is 2.72 bits per heavy atom. The van der Waals surface area contributed by atoms with E-state index in [9.17, 15) is 9.59 Å². The topological polar surface area (TPSA) is 70.7 Å². The molecule has 1 aliphatic heterocycles. The fraction of sp³-hybridized carbons (Fsp3) is 0.391. The van der Waals surface area contributed by atoms with Gasteiger partial charge in [-0.3, -0.25) is 14.5 Å². The maximum atomic E-state index is 12.5. The van der Waals surface area contributed by atoms with Gasteiger partial charge in [0.05, 0.1) is 19.1 Å². The summed E-state index contributed by atoms with van der Waals surface area (Å²) in [7, 11) is 0. The zero-order valence-electron chi connectivity index (χ0n) is 17.1. The zero-order chi connectivity index (χ0) is 20.6. The zero-order valence-corrected chi connectivity index (χ0v) is 17.1. The van der Waals surface area contributed by atoms with Gasteiger partial charge in [-0.25, -0.2) is 0 Å². The highest BCUT2D eigenvalue weighted by Gasteiger charge is 2.31. The second-order valence-corrected chi connectivity index (χ2v) is 7.32. The molecule has 2 amide bonds. The Balaban J connectivity index is 1.58. The van der Waals surface area contributed by atoms with E-state index in [0.29, 0.717) is 26.2 Å². The molecule has 1 heterocycles. The number of ether oxygens (including phenoxy) is 1. The molecule has 1 atom stereocenters. The molecule has 2 aromatic rings. The van der Waals surface area contributed by atoms with Crippen LogP contribution in [-0.2, 0) is 22.7 Å². The lowest BCUT2D eigenvalue weighted by Gasteiger charge is -2.34. The number of rotatable bonds is 8. The third kappa shape index (κ3) is 6.06. The number of nitrogens with zero attached hydrogens (tertiary/aromatic N) is 1. The third-order valence-electron chi connectivity index (χ3n) is 5.01. The quantitative estimate of drug-likeness (QED) is 0.720. The molecule has 1 fully saturated rings. The van der Waals surface area contributed by atoms with Gasteiger partial charge < -0.3 is 15.4 Å². The number of aryl methyl sites for hydroxylation is 1. The van der Waals surface area contributed by atoms with E-state index in [2.05, 4.69) is 15.5 Å². The standard InChI is InChI=1S/C23H29N3O3/c1-3-29-20-9-7-18(8-10-20)16-26-12-11-24-23(28)21(26)14-22(27)25-15-19-6-4-5-17(2)13-19/h4-10,13,21H,3,11-12,14-16H2,1-2H3,(H,24,28)(H,25,27)/t21-/m1/s1. The minimum atomic E-state index is -0.465. The summed E-state index contributed by atoms with van der Waals surface area (Å²) in [5.74, 6) is 0.623. The highest BCUT2D eigenvalue weighted by atomic mass is 16.5. The van der Waals surface area contributed by atoms with Crippen molar-refractivity contribution in [2.75, 3.05) is 19.7 Å². The van der Waals surface area contributed by atoms with Crippen LogP contribution in [0.5, 0.6) is 5.75 Å². The Morgan fingerprint density at radius 2 is 2.00 bits per heavy atom. The van der Waals surface area contributed by atoms with E-state index < -0.39 is 6.04 Å². The van der Waals surface area contributed by atoms with Crippen LogP contribution in [0.2, 0.25) is 0 Å². The van der Waals surface area contributed by atoms with Crippen molar-refractivity contribution >= 4 is 11.8 Å². The van der Waals surface area contributed by atoms with E-state index in [1.807, 2.05) is 62.4 Å². The molecule has 0 aliphatic carbocycles. The molecule has 0 radical (unpaired) electrons. The van der Waals surface area contributed by atoms with Crippen LogP contribution < -0.4 is 15.4 Å². The molecular formula is C23H29N3O3. The first-order chi connectivity index (χ1) is 14.0. The monoisotopic (exact) mass is 395 g/mol. The molecule has 0 saturated carbocycles. The van der Waals surface area contributed by atoms with Gasteiger partial charge in [0.25, 0.3) is 0 Å². The van der Waals surface area contributed by atoms with Gasteiger partial charge in [0.1, 0.15) is 5.75 Å². The van der Waals surface area contributed by atoms with Crippen molar-refractivity contribution in [1.29, 1.82) is 0 Å². The number of benzene rings is 2. The van der Waals surface area contributed by atoms with Gasteiger partial charge in [-0.15, -0.1) is 0 Å². The van der Waals surface area contributed by atoms with Crippen molar-refractivity contribution in [2.45, 2.75) is 39.4 Å². The SMILES string of the molecule is CCOc1ccc(CN2CCNC(=O)[C@H]2CC(=O)NCc2cccc(C)c2)cc1. The summed E-state index contributed by atoms with van der Waals surface area (Å²) in [4.78, 5) is 27.0. The predicted octanol–water partition coefficient (Wildman–Crippen LogP) is 2.40. The first-order valence-corrected chi connectivity index (χ1v) is 10.1. The van der Waals surface area contributed by atoms with E-state index in [1.165, 1.54) is 0 Å². The van der Waals surface area contributed by atoms with Gasteiger partial charge in [-0.2, -0.15) is 0 Å². The molecule has 29 heavy (non-hydrogen) atoms. The number of hydrogen-bond acceptors (Lipinski definition) is 4. The van der Waals surface area contributed by atoms with Crippen molar-refractivity contribution in [3.63, 3.8) is 0 Å². The number of carbonyl (C=O) groups is 2. The highest BCUT2D eigenvalue weighted by molar-refractivity contribution is 5.88. The smallest absolute Gasteiger partial charge is 0.237 e. The molecule has 1 aliphatic rings. The van der Waals surface area contributed by atoms with Crippen molar-refractivity contribution in [3.8, 4) is 5.75 Å². The van der Waals surface area contributed by atoms with Crippen LogP contribution in [0.1, 0.15) is 30.0 Å². The Morgan fingerprint density at radius 1 is 1.21 bits per heavy atom.